The first kappa shape index (κ1) is 14.8. The first-order valence-electron chi connectivity index (χ1n) is 6.78. The smallest absolute Gasteiger partial charge is 0.338 e. The largest absolute Gasteiger partial charge is 0.491 e. The molecule has 1 fully saturated rings. The van der Waals surface area contributed by atoms with E-state index in [1.807, 2.05) is 13.8 Å². The molecular formula is C15H20O5. The van der Waals surface area contributed by atoms with Crippen LogP contribution in [0.5, 0.6) is 5.75 Å². The molecule has 2 rings (SSSR count). The van der Waals surface area contributed by atoms with E-state index in [1.165, 1.54) is 0 Å². The van der Waals surface area contributed by atoms with Crippen LogP contribution in [-0.2, 0) is 14.2 Å². The summed E-state index contributed by atoms with van der Waals surface area (Å²) in [5, 5.41) is 0. The molecule has 110 valence electrons. The average molecular weight is 280 g/mol. The van der Waals surface area contributed by atoms with Crippen LogP contribution in [-0.4, -0.2) is 44.6 Å². The molecule has 0 radical (unpaired) electrons. The van der Waals surface area contributed by atoms with Crippen LogP contribution >= 0.6 is 0 Å². The molecule has 1 heterocycles. The van der Waals surface area contributed by atoms with Gasteiger partial charge in [0.15, 0.2) is 0 Å². The zero-order valence-electron chi connectivity index (χ0n) is 11.8. The summed E-state index contributed by atoms with van der Waals surface area (Å²) in [6.45, 7) is 5.86. The highest BCUT2D eigenvalue weighted by Crippen LogP contribution is 2.16. The second-order valence-electron chi connectivity index (χ2n) is 4.85. The zero-order chi connectivity index (χ0) is 14.4. The number of ether oxygens (including phenoxy) is 4. The molecule has 0 aromatic heterocycles. The number of carbonyl (C=O) groups is 1. The van der Waals surface area contributed by atoms with Crippen molar-refractivity contribution in [2.45, 2.75) is 26.1 Å². The zero-order valence-corrected chi connectivity index (χ0v) is 11.8. The Kier molecular flexibility index (Phi) is 5.38. The van der Waals surface area contributed by atoms with E-state index in [1.54, 1.807) is 24.3 Å². The SMILES string of the molecule is CC(C)OCCOC(=O)c1ccc(OCC2CO2)cc1. The van der Waals surface area contributed by atoms with Crippen LogP contribution in [0.4, 0.5) is 0 Å². The van der Waals surface area contributed by atoms with Gasteiger partial charge in [-0.05, 0) is 38.1 Å². The van der Waals surface area contributed by atoms with Gasteiger partial charge in [0.05, 0.1) is 24.9 Å². The Morgan fingerprint density at radius 1 is 1.30 bits per heavy atom. The molecule has 0 saturated carbocycles. The standard InChI is InChI=1S/C15H20O5/c1-11(2)17-7-8-18-15(16)12-3-5-13(6-4-12)19-9-14-10-20-14/h3-6,11,14H,7-10H2,1-2H3. The maximum absolute atomic E-state index is 11.7. The summed E-state index contributed by atoms with van der Waals surface area (Å²) < 4.78 is 20.9. The number of carbonyl (C=O) groups excluding carboxylic acids is 1. The summed E-state index contributed by atoms with van der Waals surface area (Å²) in [7, 11) is 0. The third kappa shape index (κ3) is 5.19. The minimum atomic E-state index is -0.352. The van der Waals surface area contributed by atoms with Crippen molar-refractivity contribution in [2.75, 3.05) is 26.4 Å². The van der Waals surface area contributed by atoms with Crippen LogP contribution in [0.15, 0.2) is 24.3 Å². The van der Waals surface area contributed by atoms with Crippen LogP contribution in [0, 0.1) is 0 Å². The van der Waals surface area contributed by atoms with Gasteiger partial charge < -0.3 is 18.9 Å². The topological polar surface area (TPSA) is 57.3 Å². The molecular weight excluding hydrogens is 260 g/mol. The number of rotatable bonds is 8. The molecule has 0 N–H and O–H groups in total. The number of hydrogen-bond donors (Lipinski definition) is 0. The second-order valence-corrected chi connectivity index (χ2v) is 4.85. The van der Waals surface area contributed by atoms with Gasteiger partial charge in [-0.25, -0.2) is 4.79 Å². The third-order valence-corrected chi connectivity index (χ3v) is 2.70. The average Bonchev–Trinajstić information content (AvgIpc) is 3.25. The Morgan fingerprint density at radius 3 is 2.60 bits per heavy atom. The molecule has 20 heavy (non-hydrogen) atoms. The number of epoxide rings is 1. The molecule has 1 aromatic rings. The monoisotopic (exact) mass is 280 g/mol. The Labute approximate surface area is 118 Å². The van der Waals surface area contributed by atoms with Gasteiger partial charge in [0.1, 0.15) is 25.1 Å². The van der Waals surface area contributed by atoms with Crippen molar-refractivity contribution in [2.24, 2.45) is 0 Å². The van der Waals surface area contributed by atoms with E-state index >= 15 is 0 Å². The lowest BCUT2D eigenvalue weighted by atomic mass is 10.2. The maximum Gasteiger partial charge on any atom is 0.338 e. The molecule has 5 heteroatoms. The molecule has 0 amide bonds. The van der Waals surface area contributed by atoms with Gasteiger partial charge in [-0.3, -0.25) is 0 Å². The minimum Gasteiger partial charge on any atom is -0.491 e. The van der Waals surface area contributed by atoms with Crippen LogP contribution < -0.4 is 4.74 Å². The molecule has 0 bridgehead atoms. The van der Waals surface area contributed by atoms with Crippen molar-refractivity contribution in [3.63, 3.8) is 0 Å². The highest BCUT2D eigenvalue weighted by atomic mass is 16.6. The quantitative estimate of drug-likeness (QED) is 0.414. The van der Waals surface area contributed by atoms with E-state index in [0.717, 1.165) is 12.4 Å². The fourth-order valence-corrected chi connectivity index (χ4v) is 1.54. The summed E-state index contributed by atoms with van der Waals surface area (Å²) >= 11 is 0. The van der Waals surface area contributed by atoms with E-state index in [2.05, 4.69) is 0 Å². The summed E-state index contributed by atoms with van der Waals surface area (Å²) in [6, 6.07) is 6.89. The fourth-order valence-electron chi connectivity index (χ4n) is 1.54. The molecule has 1 unspecified atom stereocenters. The van der Waals surface area contributed by atoms with Crippen molar-refractivity contribution in [3.8, 4) is 5.75 Å². The van der Waals surface area contributed by atoms with Crippen LogP contribution in [0.3, 0.4) is 0 Å². The van der Waals surface area contributed by atoms with E-state index in [0.29, 0.717) is 18.8 Å². The van der Waals surface area contributed by atoms with E-state index in [4.69, 9.17) is 18.9 Å². The summed E-state index contributed by atoms with van der Waals surface area (Å²) in [5.41, 5.74) is 0.504. The van der Waals surface area contributed by atoms with Gasteiger partial charge in [0.25, 0.3) is 0 Å². The molecule has 0 aliphatic carbocycles. The first-order chi connectivity index (χ1) is 9.65. The summed E-state index contributed by atoms with van der Waals surface area (Å²) in [6.07, 6.45) is 0.362. The summed E-state index contributed by atoms with van der Waals surface area (Å²) in [5.74, 6) is 0.370. The third-order valence-electron chi connectivity index (χ3n) is 2.70. The highest BCUT2D eigenvalue weighted by Gasteiger charge is 2.23. The minimum absolute atomic E-state index is 0.139. The Morgan fingerprint density at radius 2 is 2.00 bits per heavy atom. The normalized spacial score (nSPS) is 17.1. The highest BCUT2D eigenvalue weighted by molar-refractivity contribution is 5.89. The Bertz CT molecular complexity index is 422. The van der Waals surface area contributed by atoms with Gasteiger partial charge in [0.2, 0.25) is 0 Å². The molecule has 1 aliphatic heterocycles. The Hall–Kier alpha value is -1.59. The van der Waals surface area contributed by atoms with Crippen LogP contribution in [0.2, 0.25) is 0 Å². The molecule has 1 saturated heterocycles. The lowest BCUT2D eigenvalue weighted by molar-refractivity contribution is 0.0177. The lowest BCUT2D eigenvalue weighted by Gasteiger charge is -2.09. The van der Waals surface area contributed by atoms with Gasteiger partial charge >= 0.3 is 5.97 Å². The van der Waals surface area contributed by atoms with Crippen molar-refractivity contribution in [3.05, 3.63) is 29.8 Å². The summed E-state index contributed by atoms with van der Waals surface area (Å²) in [4.78, 5) is 11.7. The lowest BCUT2D eigenvalue weighted by Crippen LogP contribution is -2.13. The first-order valence-corrected chi connectivity index (χ1v) is 6.78. The maximum atomic E-state index is 11.7. The van der Waals surface area contributed by atoms with Crippen molar-refractivity contribution >= 4 is 5.97 Å². The molecule has 5 nitrogen and oxygen atoms in total. The predicted octanol–water partition coefficient (Wildman–Crippen LogP) is 2.05. The van der Waals surface area contributed by atoms with Crippen molar-refractivity contribution in [1.29, 1.82) is 0 Å². The van der Waals surface area contributed by atoms with Gasteiger partial charge in [0, 0.05) is 0 Å². The van der Waals surface area contributed by atoms with E-state index in [-0.39, 0.29) is 24.8 Å². The van der Waals surface area contributed by atoms with Crippen LogP contribution in [0.25, 0.3) is 0 Å². The van der Waals surface area contributed by atoms with Gasteiger partial charge in [-0.2, -0.15) is 0 Å². The van der Waals surface area contributed by atoms with Crippen molar-refractivity contribution in [1.82, 2.24) is 0 Å². The number of esters is 1. The predicted molar refractivity (Wildman–Crippen MR) is 73.0 cm³/mol. The van der Waals surface area contributed by atoms with E-state index < -0.39 is 0 Å². The fraction of sp³-hybridized carbons (Fsp3) is 0.533. The molecule has 1 aromatic carbocycles. The number of benzene rings is 1. The Balaban J connectivity index is 1.71. The van der Waals surface area contributed by atoms with E-state index in [9.17, 15) is 4.79 Å². The number of hydrogen-bond acceptors (Lipinski definition) is 5. The molecule has 0 spiro atoms. The molecule has 1 aliphatic rings. The second kappa shape index (κ2) is 7.26. The van der Waals surface area contributed by atoms with Crippen molar-refractivity contribution < 1.29 is 23.7 Å². The van der Waals surface area contributed by atoms with Gasteiger partial charge in [-0.1, -0.05) is 0 Å². The van der Waals surface area contributed by atoms with Crippen LogP contribution in [0.1, 0.15) is 24.2 Å². The molecule has 1 atom stereocenters. The van der Waals surface area contributed by atoms with Gasteiger partial charge in [-0.15, -0.1) is 0 Å².